The molecule has 1 aromatic rings. The smallest absolute Gasteiger partial charge is 0.410 e. The van der Waals surface area contributed by atoms with Crippen molar-refractivity contribution in [1.82, 2.24) is 14.5 Å². The number of nitrogens with zero attached hydrogens (tertiary/aromatic N) is 3. The highest BCUT2D eigenvalue weighted by atomic mass is 16.6. The molecule has 2 heterocycles. The quantitative estimate of drug-likeness (QED) is 0.835. The van der Waals surface area contributed by atoms with E-state index in [2.05, 4.69) is 9.55 Å². The summed E-state index contributed by atoms with van der Waals surface area (Å²) in [5, 5.41) is 0. The first-order valence-electron chi connectivity index (χ1n) is 7.44. The third kappa shape index (κ3) is 2.53. The third-order valence-electron chi connectivity index (χ3n) is 4.12. The molecule has 1 saturated heterocycles. The lowest BCUT2D eigenvalue weighted by Gasteiger charge is -2.41. The Hall–Kier alpha value is -1.52. The predicted octanol–water partition coefficient (Wildman–Crippen LogP) is 2.94. The number of amides is 1. The maximum Gasteiger partial charge on any atom is 0.410 e. The van der Waals surface area contributed by atoms with Crippen molar-refractivity contribution in [3.8, 4) is 0 Å². The van der Waals surface area contributed by atoms with Gasteiger partial charge in [0.1, 0.15) is 5.60 Å². The van der Waals surface area contributed by atoms with Crippen LogP contribution in [0, 0.1) is 0 Å². The van der Waals surface area contributed by atoms with Crippen LogP contribution in [0.15, 0.2) is 12.5 Å². The summed E-state index contributed by atoms with van der Waals surface area (Å²) in [7, 11) is 0. The van der Waals surface area contributed by atoms with Crippen LogP contribution < -0.4 is 0 Å². The zero-order valence-corrected chi connectivity index (χ0v) is 12.5. The first-order chi connectivity index (χ1) is 9.44. The SMILES string of the molecule is CC(C)(C)OC(=O)N1CC(c2cncn2C2CCC2)C1. The van der Waals surface area contributed by atoms with Gasteiger partial charge in [-0.25, -0.2) is 9.78 Å². The van der Waals surface area contributed by atoms with Crippen LogP contribution in [0.2, 0.25) is 0 Å². The van der Waals surface area contributed by atoms with Crippen molar-refractivity contribution in [2.45, 2.75) is 57.6 Å². The minimum atomic E-state index is -0.421. The lowest BCUT2D eigenvalue weighted by atomic mass is 9.90. The summed E-state index contributed by atoms with van der Waals surface area (Å²) in [6.45, 7) is 7.18. The van der Waals surface area contributed by atoms with Crippen molar-refractivity contribution in [3.63, 3.8) is 0 Å². The summed E-state index contributed by atoms with van der Waals surface area (Å²) < 4.78 is 7.69. The highest BCUT2D eigenvalue weighted by Gasteiger charge is 2.37. The van der Waals surface area contributed by atoms with Crippen molar-refractivity contribution in [2.24, 2.45) is 0 Å². The Bertz CT molecular complexity index is 493. The van der Waals surface area contributed by atoms with E-state index in [1.165, 1.54) is 25.0 Å². The van der Waals surface area contributed by atoms with Gasteiger partial charge in [0.05, 0.1) is 6.33 Å². The number of aromatic nitrogens is 2. The lowest BCUT2D eigenvalue weighted by molar-refractivity contribution is 0.00736. The monoisotopic (exact) mass is 277 g/mol. The second-order valence-electron chi connectivity index (χ2n) is 6.89. The Kier molecular flexibility index (Phi) is 3.22. The molecule has 5 nitrogen and oxygen atoms in total. The average molecular weight is 277 g/mol. The molecule has 1 aliphatic carbocycles. The van der Waals surface area contributed by atoms with E-state index in [1.54, 1.807) is 4.90 Å². The molecule has 1 amide bonds. The van der Waals surface area contributed by atoms with E-state index in [9.17, 15) is 4.79 Å². The average Bonchev–Trinajstić information content (AvgIpc) is 2.58. The molecular weight excluding hydrogens is 254 g/mol. The standard InChI is InChI=1S/C15H23N3O2/c1-15(2,3)20-14(19)17-8-11(9-17)13-7-16-10-18(13)12-5-4-6-12/h7,10-12H,4-6,8-9H2,1-3H3. The summed E-state index contributed by atoms with van der Waals surface area (Å²) in [5.74, 6) is 0.408. The van der Waals surface area contributed by atoms with E-state index in [0.717, 1.165) is 13.1 Å². The van der Waals surface area contributed by atoms with Gasteiger partial charge >= 0.3 is 6.09 Å². The molecule has 1 saturated carbocycles. The van der Waals surface area contributed by atoms with Gasteiger partial charge in [0.2, 0.25) is 0 Å². The molecule has 3 rings (SSSR count). The number of imidazole rings is 1. The zero-order valence-electron chi connectivity index (χ0n) is 12.5. The van der Waals surface area contributed by atoms with Crippen LogP contribution in [0.1, 0.15) is 57.7 Å². The number of ether oxygens (including phenoxy) is 1. The van der Waals surface area contributed by atoms with E-state index in [1.807, 2.05) is 33.3 Å². The summed E-state index contributed by atoms with van der Waals surface area (Å²) in [6, 6.07) is 0.628. The number of carbonyl (C=O) groups is 1. The Labute approximate surface area is 119 Å². The van der Waals surface area contributed by atoms with Gasteiger partial charge in [0.15, 0.2) is 0 Å². The van der Waals surface area contributed by atoms with E-state index in [4.69, 9.17) is 4.74 Å². The first kappa shape index (κ1) is 13.5. The molecule has 1 aromatic heterocycles. The Morgan fingerprint density at radius 1 is 1.35 bits per heavy atom. The van der Waals surface area contributed by atoms with Gasteiger partial charge in [-0.05, 0) is 40.0 Å². The van der Waals surface area contributed by atoms with Crippen molar-refractivity contribution in [2.75, 3.05) is 13.1 Å². The van der Waals surface area contributed by atoms with Crippen LogP contribution in [-0.2, 0) is 4.74 Å². The Balaban J connectivity index is 1.58. The van der Waals surface area contributed by atoms with Gasteiger partial charge in [0.25, 0.3) is 0 Å². The highest BCUT2D eigenvalue weighted by Crippen LogP contribution is 2.36. The topological polar surface area (TPSA) is 47.4 Å². The molecule has 0 bridgehead atoms. The van der Waals surface area contributed by atoms with E-state index in [0.29, 0.717) is 12.0 Å². The van der Waals surface area contributed by atoms with Crippen LogP contribution >= 0.6 is 0 Å². The molecule has 2 aliphatic rings. The molecule has 0 N–H and O–H groups in total. The fourth-order valence-electron chi connectivity index (χ4n) is 2.74. The van der Waals surface area contributed by atoms with Crippen molar-refractivity contribution >= 4 is 6.09 Å². The molecule has 20 heavy (non-hydrogen) atoms. The lowest BCUT2D eigenvalue weighted by Crippen LogP contribution is -2.50. The number of hydrogen-bond acceptors (Lipinski definition) is 3. The minimum absolute atomic E-state index is 0.205. The largest absolute Gasteiger partial charge is 0.444 e. The molecule has 5 heteroatoms. The zero-order chi connectivity index (χ0) is 14.3. The molecule has 2 fully saturated rings. The molecule has 1 aliphatic heterocycles. The van der Waals surface area contributed by atoms with Gasteiger partial charge in [-0.2, -0.15) is 0 Å². The highest BCUT2D eigenvalue weighted by molar-refractivity contribution is 5.69. The van der Waals surface area contributed by atoms with Gasteiger partial charge in [-0.1, -0.05) is 0 Å². The fraction of sp³-hybridized carbons (Fsp3) is 0.733. The second-order valence-corrected chi connectivity index (χ2v) is 6.89. The Morgan fingerprint density at radius 2 is 2.05 bits per heavy atom. The summed E-state index contributed by atoms with van der Waals surface area (Å²) in [5.41, 5.74) is 0.852. The third-order valence-corrected chi connectivity index (χ3v) is 4.12. The maximum atomic E-state index is 11.9. The van der Waals surface area contributed by atoms with E-state index >= 15 is 0 Å². The molecule has 0 spiro atoms. The van der Waals surface area contributed by atoms with E-state index in [-0.39, 0.29) is 6.09 Å². The van der Waals surface area contributed by atoms with Crippen molar-refractivity contribution in [3.05, 3.63) is 18.2 Å². The van der Waals surface area contributed by atoms with Crippen LogP contribution in [-0.4, -0.2) is 39.2 Å². The minimum Gasteiger partial charge on any atom is -0.444 e. The van der Waals surface area contributed by atoms with Crippen molar-refractivity contribution in [1.29, 1.82) is 0 Å². The maximum absolute atomic E-state index is 11.9. The van der Waals surface area contributed by atoms with Gasteiger partial charge in [-0.15, -0.1) is 0 Å². The normalized spacial score (nSPS) is 20.4. The number of rotatable bonds is 2. The molecule has 0 aromatic carbocycles. The van der Waals surface area contributed by atoms with Crippen molar-refractivity contribution < 1.29 is 9.53 Å². The van der Waals surface area contributed by atoms with E-state index < -0.39 is 5.60 Å². The molecule has 0 atom stereocenters. The van der Waals surface area contributed by atoms with Crippen LogP contribution in [0.5, 0.6) is 0 Å². The first-order valence-corrected chi connectivity index (χ1v) is 7.44. The number of hydrogen-bond donors (Lipinski definition) is 0. The predicted molar refractivity (Wildman–Crippen MR) is 75.7 cm³/mol. The number of carbonyl (C=O) groups excluding carboxylic acids is 1. The summed E-state index contributed by atoms with van der Waals surface area (Å²) >= 11 is 0. The van der Waals surface area contributed by atoms with Crippen LogP contribution in [0.3, 0.4) is 0 Å². The summed E-state index contributed by atoms with van der Waals surface area (Å²) in [4.78, 5) is 18.0. The Morgan fingerprint density at radius 3 is 2.60 bits per heavy atom. The molecule has 110 valence electrons. The molecule has 0 unspecified atom stereocenters. The van der Waals surface area contributed by atoms with Gasteiger partial charge in [-0.3, -0.25) is 0 Å². The fourth-order valence-corrected chi connectivity index (χ4v) is 2.74. The molecule has 0 radical (unpaired) electrons. The van der Waals surface area contributed by atoms with Gasteiger partial charge < -0.3 is 14.2 Å². The second kappa shape index (κ2) is 4.79. The van der Waals surface area contributed by atoms with Gasteiger partial charge in [0, 0.05) is 36.9 Å². The summed E-state index contributed by atoms with van der Waals surface area (Å²) in [6.07, 6.45) is 7.52. The molecular formula is C15H23N3O2. The number of likely N-dealkylation sites (tertiary alicyclic amines) is 1. The van der Waals surface area contributed by atoms with Crippen LogP contribution in [0.25, 0.3) is 0 Å². The van der Waals surface area contributed by atoms with Crippen LogP contribution in [0.4, 0.5) is 4.79 Å².